The Morgan fingerprint density at radius 3 is 2.65 bits per heavy atom. The molecule has 1 atom stereocenters. The molecule has 1 aliphatic heterocycles. The Hall–Kier alpha value is -2.21. The van der Waals surface area contributed by atoms with Gasteiger partial charge in [0.1, 0.15) is 0 Å². The maximum Gasteiger partial charge on any atom is 0.317 e. The van der Waals surface area contributed by atoms with E-state index >= 15 is 0 Å². The topological polar surface area (TPSA) is 50.8 Å². The number of carbonyl (C=O) groups is 1. The van der Waals surface area contributed by atoms with Crippen LogP contribution in [0, 0.1) is 0 Å². The molecule has 0 radical (unpaired) electrons. The largest absolute Gasteiger partial charge is 0.493 e. The van der Waals surface area contributed by atoms with Gasteiger partial charge in [-0.25, -0.2) is 4.79 Å². The Morgan fingerprint density at radius 1 is 1.30 bits per heavy atom. The van der Waals surface area contributed by atoms with Crippen LogP contribution in [0.25, 0.3) is 0 Å². The number of hydrogen-bond acceptors (Lipinski definition) is 4. The lowest BCUT2D eigenvalue weighted by Crippen LogP contribution is -2.44. The first-order chi connectivity index (χ1) is 11.2. The van der Waals surface area contributed by atoms with Crippen molar-refractivity contribution in [2.75, 3.05) is 27.8 Å². The number of hydrogen-bond donors (Lipinski definition) is 1. The van der Waals surface area contributed by atoms with Crippen molar-refractivity contribution in [1.29, 1.82) is 0 Å². The molecule has 3 rings (SSSR count). The molecule has 2 heterocycles. The number of benzene rings is 1. The van der Waals surface area contributed by atoms with Gasteiger partial charge in [0.25, 0.3) is 0 Å². The van der Waals surface area contributed by atoms with Crippen molar-refractivity contribution < 1.29 is 14.3 Å². The minimum Gasteiger partial charge on any atom is -0.493 e. The van der Waals surface area contributed by atoms with Gasteiger partial charge >= 0.3 is 6.03 Å². The second-order valence-corrected chi connectivity index (χ2v) is 6.30. The highest BCUT2D eigenvalue weighted by Gasteiger charge is 2.33. The number of nitrogens with one attached hydrogen (secondary N) is 1. The number of amides is 2. The van der Waals surface area contributed by atoms with E-state index in [1.54, 1.807) is 32.6 Å². The highest BCUT2D eigenvalue weighted by Crippen LogP contribution is 2.42. The smallest absolute Gasteiger partial charge is 0.317 e. The van der Waals surface area contributed by atoms with Gasteiger partial charge in [-0.1, -0.05) is 6.07 Å². The molecule has 1 aromatic carbocycles. The molecule has 0 aliphatic carbocycles. The second-order valence-electron chi connectivity index (χ2n) is 5.32. The monoisotopic (exact) mass is 332 g/mol. The number of nitrogens with zero attached hydrogens (tertiary/aromatic N) is 1. The second kappa shape index (κ2) is 6.50. The van der Waals surface area contributed by atoms with E-state index in [2.05, 4.69) is 11.4 Å². The highest BCUT2D eigenvalue weighted by atomic mass is 32.1. The van der Waals surface area contributed by atoms with Crippen LogP contribution >= 0.6 is 11.3 Å². The summed E-state index contributed by atoms with van der Waals surface area (Å²) >= 11 is 1.65. The third-order valence-electron chi connectivity index (χ3n) is 4.16. The Balaban J connectivity index is 2.14. The molecule has 23 heavy (non-hydrogen) atoms. The summed E-state index contributed by atoms with van der Waals surface area (Å²) in [4.78, 5) is 15.3. The lowest BCUT2D eigenvalue weighted by molar-refractivity contribution is 0.183. The third kappa shape index (κ3) is 2.74. The van der Waals surface area contributed by atoms with Crippen molar-refractivity contribution in [2.45, 2.75) is 12.5 Å². The summed E-state index contributed by atoms with van der Waals surface area (Å²) in [5.74, 6) is 1.41. The molecule has 2 amide bonds. The molecule has 0 unspecified atom stereocenters. The lowest BCUT2D eigenvalue weighted by atomic mass is 9.91. The molecular weight excluding hydrogens is 312 g/mol. The van der Waals surface area contributed by atoms with Gasteiger partial charge in [0, 0.05) is 18.5 Å². The van der Waals surface area contributed by atoms with E-state index in [1.807, 2.05) is 28.5 Å². The van der Waals surface area contributed by atoms with Gasteiger partial charge in [-0.3, -0.25) is 0 Å². The zero-order chi connectivity index (χ0) is 16.4. The van der Waals surface area contributed by atoms with Crippen LogP contribution in [0.15, 0.2) is 29.6 Å². The molecule has 0 saturated carbocycles. The van der Waals surface area contributed by atoms with Gasteiger partial charge in [0.05, 0.1) is 20.3 Å². The van der Waals surface area contributed by atoms with E-state index in [0.717, 1.165) is 22.6 Å². The molecule has 0 saturated heterocycles. The summed E-state index contributed by atoms with van der Waals surface area (Å²) in [6.07, 6.45) is 0.797. The summed E-state index contributed by atoms with van der Waals surface area (Å²) < 4.78 is 10.9. The fraction of sp³-hybridized carbons (Fsp3) is 0.353. The van der Waals surface area contributed by atoms with Gasteiger partial charge in [-0.05, 0) is 41.1 Å². The van der Waals surface area contributed by atoms with Gasteiger partial charge in [-0.2, -0.15) is 0 Å². The standard InChI is InChI=1S/C17H20N2O3S/c1-18-17(20)19-7-6-11-9-13(21-2)14(22-3)10-12(11)16(19)15-5-4-8-23-15/h4-5,8-10,16H,6-7H2,1-3H3,(H,18,20)/t16-/m1/s1. The van der Waals surface area contributed by atoms with Gasteiger partial charge < -0.3 is 19.7 Å². The number of thiophene rings is 1. The molecule has 0 bridgehead atoms. The summed E-state index contributed by atoms with van der Waals surface area (Å²) in [7, 11) is 4.93. The molecule has 1 N–H and O–H groups in total. The van der Waals surface area contributed by atoms with E-state index in [-0.39, 0.29) is 12.1 Å². The predicted molar refractivity (Wildman–Crippen MR) is 90.6 cm³/mol. The molecule has 0 fully saturated rings. The maximum absolute atomic E-state index is 12.3. The van der Waals surface area contributed by atoms with Gasteiger partial charge in [0.15, 0.2) is 11.5 Å². The summed E-state index contributed by atoms with van der Waals surface area (Å²) in [5, 5.41) is 4.78. The van der Waals surface area contributed by atoms with Crippen LogP contribution in [0.3, 0.4) is 0 Å². The minimum absolute atomic E-state index is 0.0659. The maximum atomic E-state index is 12.3. The first kappa shape index (κ1) is 15.7. The molecule has 5 nitrogen and oxygen atoms in total. The minimum atomic E-state index is -0.0986. The van der Waals surface area contributed by atoms with Crippen LogP contribution in [0.1, 0.15) is 22.0 Å². The van der Waals surface area contributed by atoms with E-state index in [0.29, 0.717) is 12.3 Å². The molecule has 2 aromatic rings. The highest BCUT2D eigenvalue weighted by molar-refractivity contribution is 7.10. The van der Waals surface area contributed by atoms with Crippen molar-refractivity contribution in [2.24, 2.45) is 0 Å². The first-order valence-corrected chi connectivity index (χ1v) is 8.34. The van der Waals surface area contributed by atoms with Crippen LogP contribution in [0.4, 0.5) is 4.79 Å². The van der Waals surface area contributed by atoms with Gasteiger partial charge in [-0.15, -0.1) is 11.3 Å². The zero-order valence-corrected chi connectivity index (χ0v) is 14.3. The van der Waals surface area contributed by atoms with E-state index in [4.69, 9.17) is 9.47 Å². The third-order valence-corrected chi connectivity index (χ3v) is 5.09. The van der Waals surface area contributed by atoms with Crippen LogP contribution in [0.2, 0.25) is 0 Å². The van der Waals surface area contributed by atoms with E-state index < -0.39 is 0 Å². The zero-order valence-electron chi connectivity index (χ0n) is 13.5. The molecular formula is C17H20N2O3S. The summed E-state index contributed by atoms with van der Waals surface area (Å²) in [6.45, 7) is 0.671. The number of carbonyl (C=O) groups excluding carboxylic acids is 1. The van der Waals surface area contributed by atoms with Crippen molar-refractivity contribution in [3.8, 4) is 11.5 Å². The summed E-state index contributed by atoms with van der Waals surface area (Å²) in [6, 6.07) is 7.93. The number of rotatable bonds is 3. The Kier molecular flexibility index (Phi) is 4.43. The normalized spacial score (nSPS) is 16.7. The van der Waals surface area contributed by atoms with Crippen LogP contribution in [0.5, 0.6) is 11.5 Å². The summed E-state index contributed by atoms with van der Waals surface area (Å²) in [5.41, 5.74) is 2.29. The quantitative estimate of drug-likeness (QED) is 0.940. The van der Waals surface area contributed by atoms with Crippen LogP contribution in [-0.4, -0.2) is 38.7 Å². The lowest BCUT2D eigenvalue weighted by Gasteiger charge is -2.37. The Bertz CT molecular complexity index is 700. The molecule has 1 aromatic heterocycles. The average molecular weight is 332 g/mol. The van der Waals surface area contributed by atoms with Gasteiger partial charge in [0.2, 0.25) is 0 Å². The Morgan fingerprint density at radius 2 is 2.04 bits per heavy atom. The van der Waals surface area contributed by atoms with Crippen molar-refractivity contribution >= 4 is 17.4 Å². The number of urea groups is 1. The van der Waals surface area contributed by atoms with Crippen LogP contribution < -0.4 is 14.8 Å². The van der Waals surface area contributed by atoms with Crippen molar-refractivity contribution in [3.63, 3.8) is 0 Å². The molecule has 0 spiro atoms. The van der Waals surface area contributed by atoms with Crippen molar-refractivity contribution in [3.05, 3.63) is 45.6 Å². The molecule has 1 aliphatic rings. The number of ether oxygens (including phenoxy) is 2. The number of fused-ring (bicyclic) bond motifs is 1. The first-order valence-electron chi connectivity index (χ1n) is 7.46. The molecule has 122 valence electrons. The predicted octanol–water partition coefficient (Wildman–Crippen LogP) is 3.05. The van der Waals surface area contributed by atoms with E-state index in [9.17, 15) is 4.79 Å². The fourth-order valence-corrected chi connectivity index (χ4v) is 3.92. The number of methoxy groups -OCH3 is 2. The average Bonchev–Trinajstić information content (AvgIpc) is 3.12. The van der Waals surface area contributed by atoms with Crippen LogP contribution in [-0.2, 0) is 6.42 Å². The SMILES string of the molecule is CNC(=O)N1CCc2cc(OC)c(OC)cc2[C@@H]1c1cccs1. The molecule has 6 heteroatoms. The van der Waals surface area contributed by atoms with E-state index in [1.165, 1.54) is 5.56 Å². The van der Waals surface area contributed by atoms with Crippen molar-refractivity contribution in [1.82, 2.24) is 10.2 Å². The Labute approximate surface area is 139 Å². The fourth-order valence-electron chi connectivity index (χ4n) is 3.06.